The van der Waals surface area contributed by atoms with Gasteiger partial charge in [-0.25, -0.2) is 9.18 Å². The molecule has 0 bridgehead atoms. The molecule has 2 aromatic rings. The van der Waals surface area contributed by atoms with Crippen LogP contribution in [0.15, 0.2) is 22.7 Å². The van der Waals surface area contributed by atoms with Gasteiger partial charge in [0.15, 0.2) is 28.7 Å². The molecule has 1 aliphatic heterocycles. The molecule has 0 amide bonds. The molecular weight excluding hydrogens is 329 g/mol. The van der Waals surface area contributed by atoms with Crippen LogP contribution < -0.4 is 9.64 Å². The van der Waals surface area contributed by atoms with Crippen molar-refractivity contribution in [3.8, 4) is 17.1 Å². The molecular formula is C17H20FN3O4. The Hall–Kier alpha value is -2.61. The number of nitrogens with zero attached hydrogens (tertiary/aromatic N) is 3. The molecule has 0 aliphatic carbocycles. The van der Waals surface area contributed by atoms with E-state index in [1.165, 1.54) is 25.3 Å². The number of benzene rings is 1. The third-order valence-corrected chi connectivity index (χ3v) is 4.49. The van der Waals surface area contributed by atoms with Gasteiger partial charge >= 0.3 is 5.97 Å². The molecule has 0 radical (unpaired) electrons. The number of carboxylic acids is 1. The minimum Gasteiger partial charge on any atom is -0.494 e. The highest BCUT2D eigenvalue weighted by Crippen LogP contribution is 2.35. The summed E-state index contributed by atoms with van der Waals surface area (Å²) >= 11 is 0. The monoisotopic (exact) mass is 349 g/mol. The van der Waals surface area contributed by atoms with E-state index in [1.54, 1.807) is 0 Å². The first kappa shape index (κ1) is 17.2. The average molecular weight is 349 g/mol. The molecule has 134 valence electrons. The predicted molar refractivity (Wildman–Crippen MR) is 89.7 cm³/mol. The van der Waals surface area contributed by atoms with Gasteiger partial charge in [-0.3, -0.25) is 0 Å². The molecule has 1 saturated heterocycles. The Morgan fingerprint density at radius 2 is 2.24 bits per heavy atom. The molecule has 1 aromatic carbocycles. The summed E-state index contributed by atoms with van der Waals surface area (Å²) < 4.78 is 23.9. The smallest absolute Gasteiger partial charge is 0.343 e. The average Bonchev–Trinajstić information content (AvgIpc) is 3.22. The second kappa shape index (κ2) is 6.72. The summed E-state index contributed by atoms with van der Waals surface area (Å²) in [6.07, 6.45) is 0.915. The third-order valence-electron chi connectivity index (χ3n) is 4.49. The molecule has 1 fully saturated rings. The quantitative estimate of drug-likeness (QED) is 0.887. The standard InChI is InChI=1S/C17H20FN3O4/c1-20(2)11-6-7-21(9-11)16-14(17(22)23)15(25-19-16)10-4-5-12(18)13(8-10)24-3/h4-5,8,11H,6-7,9H2,1-3H3,(H,22,23)/t11-/m0/s1. The van der Waals surface area contributed by atoms with Crippen LogP contribution in [0.3, 0.4) is 0 Å². The van der Waals surface area contributed by atoms with Crippen molar-refractivity contribution in [3.63, 3.8) is 0 Å². The molecule has 25 heavy (non-hydrogen) atoms. The number of aromatic nitrogens is 1. The van der Waals surface area contributed by atoms with Gasteiger partial charge in [0, 0.05) is 24.7 Å². The molecule has 7 nitrogen and oxygen atoms in total. The molecule has 1 aliphatic rings. The lowest BCUT2D eigenvalue weighted by atomic mass is 10.1. The summed E-state index contributed by atoms with van der Waals surface area (Å²) in [5, 5.41) is 13.7. The second-order valence-electron chi connectivity index (χ2n) is 6.22. The summed E-state index contributed by atoms with van der Waals surface area (Å²) in [5.41, 5.74) is 0.380. The number of hydrogen-bond acceptors (Lipinski definition) is 6. The number of aromatic carboxylic acids is 1. The lowest BCUT2D eigenvalue weighted by Crippen LogP contribution is -2.32. The molecule has 1 aromatic heterocycles. The van der Waals surface area contributed by atoms with Crippen molar-refractivity contribution in [3.05, 3.63) is 29.6 Å². The Morgan fingerprint density at radius 3 is 2.84 bits per heavy atom. The molecule has 1 atom stereocenters. The van der Waals surface area contributed by atoms with Crippen LogP contribution in [-0.4, -0.2) is 61.5 Å². The number of anilines is 1. The van der Waals surface area contributed by atoms with Gasteiger partial charge in [-0.1, -0.05) is 5.16 Å². The number of ether oxygens (including phenoxy) is 1. The zero-order valence-electron chi connectivity index (χ0n) is 14.3. The molecule has 8 heteroatoms. The van der Waals surface area contributed by atoms with Gasteiger partial charge < -0.3 is 24.2 Å². The fourth-order valence-electron chi connectivity index (χ4n) is 3.04. The van der Waals surface area contributed by atoms with Gasteiger partial charge in [-0.15, -0.1) is 0 Å². The first-order valence-corrected chi connectivity index (χ1v) is 7.90. The maximum atomic E-state index is 13.6. The van der Waals surface area contributed by atoms with E-state index in [0.29, 0.717) is 30.5 Å². The van der Waals surface area contributed by atoms with Crippen molar-refractivity contribution in [1.82, 2.24) is 10.1 Å². The van der Waals surface area contributed by atoms with E-state index in [0.717, 1.165) is 6.42 Å². The number of carbonyl (C=O) groups is 1. The van der Waals surface area contributed by atoms with Crippen LogP contribution >= 0.6 is 0 Å². The highest BCUT2D eigenvalue weighted by molar-refractivity contribution is 5.99. The van der Waals surface area contributed by atoms with E-state index >= 15 is 0 Å². The second-order valence-corrected chi connectivity index (χ2v) is 6.22. The van der Waals surface area contributed by atoms with Crippen molar-refractivity contribution in [1.29, 1.82) is 0 Å². The molecule has 3 rings (SSSR count). The van der Waals surface area contributed by atoms with E-state index in [4.69, 9.17) is 9.26 Å². The summed E-state index contributed by atoms with van der Waals surface area (Å²) in [7, 11) is 5.33. The lowest BCUT2D eigenvalue weighted by Gasteiger charge is -2.20. The van der Waals surface area contributed by atoms with Crippen LogP contribution in [0.5, 0.6) is 5.75 Å². The maximum absolute atomic E-state index is 13.6. The van der Waals surface area contributed by atoms with Crippen LogP contribution in [0.25, 0.3) is 11.3 Å². The Balaban J connectivity index is 2.00. The van der Waals surface area contributed by atoms with E-state index in [-0.39, 0.29) is 17.1 Å². The van der Waals surface area contributed by atoms with Gasteiger partial charge in [0.2, 0.25) is 0 Å². The van der Waals surface area contributed by atoms with Gasteiger partial charge in [0.25, 0.3) is 0 Å². The van der Waals surface area contributed by atoms with Gasteiger partial charge in [-0.2, -0.15) is 0 Å². The number of likely N-dealkylation sites (N-methyl/N-ethyl adjacent to an activating group) is 1. The molecule has 2 heterocycles. The van der Waals surface area contributed by atoms with Gasteiger partial charge in [0.05, 0.1) is 7.11 Å². The molecule has 0 spiro atoms. The number of methoxy groups -OCH3 is 1. The fraction of sp³-hybridized carbons (Fsp3) is 0.412. The topological polar surface area (TPSA) is 79.0 Å². The van der Waals surface area contributed by atoms with Crippen LogP contribution in [0.2, 0.25) is 0 Å². The predicted octanol–water partition coefficient (Wildman–Crippen LogP) is 2.33. The maximum Gasteiger partial charge on any atom is 0.343 e. The zero-order chi connectivity index (χ0) is 18.1. The van der Waals surface area contributed by atoms with Gasteiger partial charge in [-0.05, 0) is 38.7 Å². The lowest BCUT2D eigenvalue weighted by molar-refractivity contribution is 0.0698. The van der Waals surface area contributed by atoms with E-state index in [1.807, 2.05) is 19.0 Å². The van der Waals surface area contributed by atoms with Crippen LogP contribution in [0.4, 0.5) is 10.2 Å². The summed E-state index contributed by atoms with van der Waals surface area (Å²) in [6, 6.07) is 4.38. The van der Waals surface area contributed by atoms with Crippen molar-refractivity contribution in [2.75, 3.05) is 39.2 Å². The molecule has 1 N–H and O–H groups in total. The summed E-state index contributed by atoms with van der Waals surface area (Å²) in [6.45, 7) is 1.37. The van der Waals surface area contributed by atoms with Crippen LogP contribution in [0, 0.1) is 5.82 Å². The van der Waals surface area contributed by atoms with Crippen molar-refractivity contribution in [2.24, 2.45) is 0 Å². The van der Waals surface area contributed by atoms with Crippen molar-refractivity contribution >= 4 is 11.8 Å². The third kappa shape index (κ3) is 3.17. The zero-order valence-corrected chi connectivity index (χ0v) is 14.3. The largest absolute Gasteiger partial charge is 0.494 e. The molecule has 0 saturated carbocycles. The molecule has 0 unspecified atom stereocenters. The first-order chi connectivity index (χ1) is 11.9. The van der Waals surface area contributed by atoms with E-state index in [2.05, 4.69) is 10.1 Å². The first-order valence-electron chi connectivity index (χ1n) is 7.90. The Morgan fingerprint density at radius 1 is 1.48 bits per heavy atom. The fourth-order valence-corrected chi connectivity index (χ4v) is 3.04. The highest BCUT2D eigenvalue weighted by atomic mass is 19.1. The van der Waals surface area contributed by atoms with Gasteiger partial charge in [0.1, 0.15) is 0 Å². The number of rotatable bonds is 5. The van der Waals surface area contributed by atoms with E-state index < -0.39 is 11.8 Å². The Kier molecular flexibility index (Phi) is 4.63. The van der Waals surface area contributed by atoms with Crippen LogP contribution in [-0.2, 0) is 0 Å². The summed E-state index contributed by atoms with van der Waals surface area (Å²) in [5.74, 6) is -1.26. The summed E-state index contributed by atoms with van der Waals surface area (Å²) in [4.78, 5) is 15.8. The SMILES string of the molecule is COc1cc(-c2onc(N3CC[C@H](N(C)C)C3)c2C(=O)O)ccc1F. The van der Waals surface area contributed by atoms with Crippen molar-refractivity contribution < 1.29 is 23.6 Å². The van der Waals surface area contributed by atoms with Crippen molar-refractivity contribution in [2.45, 2.75) is 12.5 Å². The number of carboxylic acid groups (broad SMARTS) is 1. The Labute approximate surface area is 144 Å². The van der Waals surface area contributed by atoms with Crippen LogP contribution in [0.1, 0.15) is 16.8 Å². The normalized spacial score (nSPS) is 17.3. The minimum atomic E-state index is -1.14. The minimum absolute atomic E-state index is 0.0145. The highest BCUT2D eigenvalue weighted by Gasteiger charge is 2.32. The van der Waals surface area contributed by atoms with E-state index in [9.17, 15) is 14.3 Å². The number of halogens is 1. The Bertz CT molecular complexity index is 790. The number of hydrogen-bond donors (Lipinski definition) is 1.